The second kappa shape index (κ2) is 3.82. The van der Waals surface area contributed by atoms with Crippen LogP contribution >= 0.6 is 15.9 Å². The van der Waals surface area contributed by atoms with Gasteiger partial charge in [0.15, 0.2) is 0 Å². The van der Waals surface area contributed by atoms with Gasteiger partial charge >= 0.3 is 5.97 Å². The minimum absolute atomic E-state index is 0.373. The first-order valence-electron chi connectivity index (χ1n) is 4.91. The molecule has 1 saturated carbocycles. The normalized spacial score (nSPS) is 19.2. The number of carboxylic acid groups (broad SMARTS) is 1. The molecule has 3 nitrogen and oxygen atoms in total. The van der Waals surface area contributed by atoms with E-state index >= 15 is 0 Å². The number of halogens is 2. The Morgan fingerprint density at radius 1 is 1.56 bits per heavy atom. The third kappa shape index (κ3) is 1.74. The highest BCUT2D eigenvalue weighted by molar-refractivity contribution is 9.10. The van der Waals surface area contributed by atoms with Crippen molar-refractivity contribution in [3.05, 3.63) is 34.1 Å². The fourth-order valence-corrected chi connectivity index (χ4v) is 2.64. The highest BCUT2D eigenvalue weighted by Crippen LogP contribution is 2.52. The fourth-order valence-electron chi connectivity index (χ4n) is 2.00. The van der Waals surface area contributed by atoms with E-state index in [9.17, 15) is 9.18 Å². The molecule has 1 fully saturated rings. The lowest BCUT2D eigenvalue weighted by Crippen LogP contribution is -2.42. The number of carbonyl (C=O) groups is 1. The highest BCUT2D eigenvalue weighted by atomic mass is 79.9. The largest absolute Gasteiger partial charge is 0.480 e. The van der Waals surface area contributed by atoms with Crippen molar-refractivity contribution in [2.75, 3.05) is 0 Å². The summed E-state index contributed by atoms with van der Waals surface area (Å²) < 4.78 is 13.9. The molecule has 1 unspecified atom stereocenters. The van der Waals surface area contributed by atoms with Crippen molar-refractivity contribution in [3.8, 4) is 0 Å². The summed E-state index contributed by atoms with van der Waals surface area (Å²) in [5.74, 6) is -1.42. The Bertz CT molecular complexity index is 446. The Labute approximate surface area is 101 Å². The topological polar surface area (TPSA) is 63.3 Å². The standard InChI is InChI=1S/C11H11BrFNO2/c12-8-2-1-6(13)5-7(8)11(3-4-11)9(14)10(15)16/h1-2,5,9H,3-4,14H2,(H,15,16). The minimum atomic E-state index is -1.05. The Balaban J connectivity index is 2.44. The summed E-state index contributed by atoms with van der Waals surface area (Å²) in [6.07, 6.45) is 1.37. The van der Waals surface area contributed by atoms with Crippen molar-refractivity contribution >= 4 is 21.9 Å². The third-order valence-corrected chi connectivity index (χ3v) is 3.81. The molecular weight excluding hydrogens is 277 g/mol. The number of aliphatic carboxylic acids is 1. The predicted molar refractivity (Wildman–Crippen MR) is 60.6 cm³/mol. The summed E-state index contributed by atoms with van der Waals surface area (Å²) >= 11 is 3.31. The monoisotopic (exact) mass is 287 g/mol. The van der Waals surface area contributed by atoms with Crippen molar-refractivity contribution < 1.29 is 14.3 Å². The maximum absolute atomic E-state index is 13.2. The molecule has 2 rings (SSSR count). The molecule has 1 aliphatic rings. The SMILES string of the molecule is NC(C(=O)O)C1(c2cc(F)ccc2Br)CC1. The molecule has 86 valence electrons. The first-order chi connectivity index (χ1) is 7.47. The van der Waals surface area contributed by atoms with Crippen LogP contribution in [0.3, 0.4) is 0 Å². The molecule has 1 atom stereocenters. The van der Waals surface area contributed by atoms with Gasteiger partial charge in [0.25, 0.3) is 0 Å². The molecule has 1 aliphatic carbocycles. The maximum atomic E-state index is 13.2. The Morgan fingerprint density at radius 2 is 2.19 bits per heavy atom. The van der Waals surface area contributed by atoms with E-state index in [1.807, 2.05) is 0 Å². The van der Waals surface area contributed by atoms with Gasteiger partial charge in [0.1, 0.15) is 11.9 Å². The van der Waals surface area contributed by atoms with Crippen LogP contribution in [0, 0.1) is 5.82 Å². The molecule has 0 aromatic heterocycles. The third-order valence-electron chi connectivity index (χ3n) is 3.11. The molecule has 0 bridgehead atoms. The molecule has 0 amide bonds. The first-order valence-corrected chi connectivity index (χ1v) is 5.70. The van der Waals surface area contributed by atoms with Crippen molar-refractivity contribution in [2.45, 2.75) is 24.3 Å². The van der Waals surface area contributed by atoms with Crippen LogP contribution in [0.5, 0.6) is 0 Å². The molecule has 1 aromatic carbocycles. The van der Waals surface area contributed by atoms with E-state index in [1.54, 1.807) is 6.07 Å². The summed E-state index contributed by atoms with van der Waals surface area (Å²) in [6, 6.07) is 3.29. The fraction of sp³-hybridized carbons (Fsp3) is 0.364. The van der Waals surface area contributed by atoms with E-state index in [0.29, 0.717) is 22.9 Å². The summed E-state index contributed by atoms with van der Waals surface area (Å²) in [4.78, 5) is 10.9. The van der Waals surface area contributed by atoms with Crippen LogP contribution in [-0.2, 0) is 10.2 Å². The average Bonchev–Trinajstić information content (AvgIpc) is 3.01. The van der Waals surface area contributed by atoms with Crippen molar-refractivity contribution in [1.29, 1.82) is 0 Å². The lowest BCUT2D eigenvalue weighted by atomic mass is 9.88. The van der Waals surface area contributed by atoms with Gasteiger partial charge < -0.3 is 10.8 Å². The van der Waals surface area contributed by atoms with Gasteiger partial charge in [0.2, 0.25) is 0 Å². The molecule has 5 heteroatoms. The van der Waals surface area contributed by atoms with Gasteiger partial charge in [-0.25, -0.2) is 4.39 Å². The number of nitrogens with two attached hydrogens (primary N) is 1. The molecule has 0 saturated heterocycles. The van der Waals surface area contributed by atoms with E-state index in [1.165, 1.54) is 12.1 Å². The second-order valence-electron chi connectivity index (χ2n) is 4.10. The van der Waals surface area contributed by atoms with Crippen LogP contribution in [0.4, 0.5) is 4.39 Å². The zero-order chi connectivity index (χ0) is 11.9. The van der Waals surface area contributed by atoms with Gasteiger partial charge in [-0.15, -0.1) is 0 Å². The van der Waals surface area contributed by atoms with Gasteiger partial charge in [-0.1, -0.05) is 15.9 Å². The van der Waals surface area contributed by atoms with Crippen LogP contribution in [0.25, 0.3) is 0 Å². The summed E-state index contributed by atoms with van der Waals surface area (Å²) in [6.45, 7) is 0. The van der Waals surface area contributed by atoms with Crippen molar-refractivity contribution in [3.63, 3.8) is 0 Å². The van der Waals surface area contributed by atoms with Crippen LogP contribution < -0.4 is 5.73 Å². The molecule has 0 heterocycles. The molecule has 16 heavy (non-hydrogen) atoms. The van der Waals surface area contributed by atoms with Gasteiger partial charge in [0.05, 0.1) is 0 Å². The molecule has 0 radical (unpaired) electrons. The van der Waals surface area contributed by atoms with Gasteiger partial charge in [-0.2, -0.15) is 0 Å². The summed E-state index contributed by atoms with van der Waals surface area (Å²) in [5.41, 5.74) is 5.72. The first kappa shape index (κ1) is 11.5. The lowest BCUT2D eigenvalue weighted by molar-refractivity contribution is -0.139. The van der Waals surface area contributed by atoms with Crippen molar-refractivity contribution in [2.24, 2.45) is 5.73 Å². The zero-order valence-corrected chi connectivity index (χ0v) is 10.00. The maximum Gasteiger partial charge on any atom is 0.321 e. The Morgan fingerprint density at radius 3 is 2.69 bits per heavy atom. The van der Waals surface area contributed by atoms with Crippen LogP contribution in [0.1, 0.15) is 18.4 Å². The zero-order valence-electron chi connectivity index (χ0n) is 8.41. The van der Waals surface area contributed by atoms with E-state index in [0.717, 1.165) is 0 Å². The van der Waals surface area contributed by atoms with E-state index < -0.39 is 17.4 Å². The Hall–Kier alpha value is -0.940. The highest BCUT2D eigenvalue weighted by Gasteiger charge is 2.53. The summed E-state index contributed by atoms with van der Waals surface area (Å²) in [5, 5.41) is 8.95. The summed E-state index contributed by atoms with van der Waals surface area (Å²) in [7, 11) is 0. The molecule has 0 aliphatic heterocycles. The van der Waals surface area contributed by atoms with Crippen LogP contribution in [-0.4, -0.2) is 17.1 Å². The number of hydrogen-bond donors (Lipinski definition) is 2. The van der Waals surface area contributed by atoms with Gasteiger partial charge in [0, 0.05) is 9.89 Å². The van der Waals surface area contributed by atoms with Crippen LogP contribution in [0.2, 0.25) is 0 Å². The van der Waals surface area contributed by atoms with Gasteiger partial charge in [-0.05, 0) is 36.6 Å². The van der Waals surface area contributed by atoms with E-state index in [4.69, 9.17) is 10.8 Å². The van der Waals surface area contributed by atoms with E-state index in [-0.39, 0.29) is 5.82 Å². The molecule has 0 spiro atoms. The average molecular weight is 288 g/mol. The predicted octanol–water partition coefficient (Wildman–Crippen LogP) is 2.03. The minimum Gasteiger partial charge on any atom is -0.480 e. The molecular formula is C11H11BrFNO2. The quantitative estimate of drug-likeness (QED) is 0.894. The molecule has 3 N–H and O–H groups in total. The Kier molecular flexibility index (Phi) is 2.75. The molecule has 1 aromatic rings. The van der Waals surface area contributed by atoms with Gasteiger partial charge in [-0.3, -0.25) is 4.79 Å². The number of rotatable bonds is 3. The van der Waals surface area contributed by atoms with Crippen molar-refractivity contribution in [1.82, 2.24) is 0 Å². The smallest absolute Gasteiger partial charge is 0.321 e. The van der Waals surface area contributed by atoms with Crippen LogP contribution in [0.15, 0.2) is 22.7 Å². The number of hydrogen-bond acceptors (Lipinski definition) is 2. The number of benzene rings is 1. The van der Waals surface area contributed by atoms with E-state index in [2.05, 4.69) is 15.9 Å². The number of carboxylic acids is 1. The lowest BCUT2D eigenvalue weighted by Gasteiger charge is -2.21. The second-order valence-corrected chi connectivity index (χ2v) is 4.95.